The smallest absolute Gasteiger partial charge is 0.265 e. The van der Waals surface area contributed by atoms with Gasteiger partial charge in [0.2, 0.25) is 0 Å². The third-order valence-electron chi connectivity index (χ3n) is 4.10. The Labute approximate surface area is 151 Å². The number of carbonyl (C=O) groups excluding carboxylic acids is 2. The fourth-order valence-corrected chi connectivity index (χ4v) is 3.28. The molecule has 132 valence electrons. The Bertz CT molecular complexity index is 756. The van der Waals surface area contributed by atoms with Crippen molar-refractivity contribution in [3.63, 3.8) is 0 Å². The van der Waals surface area contributed by atoms with Gasteiger partial charge in [-0.3, -0.25) is 9.59 Å². The van der Waals surface area contributed by atoms with Crippen molar-refractivity contribution < 1.29 is 14.3 Å². The van der Waals surface area contributed by atoms with Crippen LogP contribution in [0.4, 0.5) is 5.69 Å². The van der Waals surface area contributed by atoms with E-state index in [9.17, 15) is 9.59 Å². The Kier molecular flexibility index (Phi) is 5.38. The third kappa shape index (κ3) is 4.39. The van der Waals surface area contributed by atoms with Crippen molar-refractivity contribution in [1.82, 2.24) is 4.90 Å². The van der Waals surface area contributed by atoms with Gasteiger partial charge in [-0.15, -0.1) is 11.3 Å². The number of amides is 2. The van der Waals surface area contributed by atoms with E-state index in [1.165, 1.54) is 11.3 Å². The average Bonchev–Trinajstić information content (AvgIpc) is 3.07. The van der Waals surface area contributed by atoms with E-state index in [0.29, 0.717) is 35.3 Å². The Balaban J connectivity index is 1.75. The maximum atomic E-state index is 12.2. The summed E-state index contributed by atoms with van der Waals surface area (Å²) in [7, 11) is 0. The van der Waals surface area contributed by atoms with Gasteiger partial charge >= 0.3 is 0 Å². The highest BCUT2D eigenvalue weighted by molar-refractivity contribution is 7.12. The summed E-state index contributed by atoms with van der Waals surface area (Å²) in [5.41, 5.74) is 1.62. The van der Waals surface area contributed by atoms with E-state index in [-0.39, 0.29) is 18.4 Å². The molecular weight excluding hydrogens is 336 g/mol. The minimum Gasteiger partial charge on any atom is -0.483 e. The first-order valence-electron chi connectivity index (χ1n) is 8.41. The van der Waals surface area contributed by atoms with Gasteiger partial charge in [-0.2, -0.15) is 0 Å². The van der Waals surface area contributed by atoms with Crippen LogP contribution >= 0.6 is 11.3 Å². The molecule has 1 aromatic heterocycles. The highest BCUT2D eigenvalue weighted by Crippen LogP contribution is 2.27. The molecule has 1 aliphatic rings. The van der Waals surface area contributed by atoms with Crippen LogP contribution in [-0.2, 0) is 11.3 Å². The van der Waals surface area contributed by atoms with Crippen LogP contribution in [-0.4, -0.2) is 29.9 Å². The monoisotopic (exact) mass is 358 g/mol. The molecule has 2 heterocycles. The molecule has 0 spiro atoms. The molecule has 3 rings (SSSR count). The van der Waals surface area contributed by atoms with Gasteiger partial charge < -0.3 is 15.0 Å². The van der Waals surface area contributed by atoms with Crippen molar-refractivity contribution >= 4 is 28.8 Å². The maximum absolute atomic E-state index is 12.2. The fraction of sp³-hybridized carbons (Fsp3) is 0.368. The number of hydrogen-bond donors (Lipinski definition) is 1. The van der Waals surface area contributed by atoms with Gasteiger partial charge in [0.25, 0.3) is 11.8 Å². The molecule has 5 nitrogen and oxygen atoms in total. The summed E-state index contributed by atoms with van der Waals surface area (Å²) in [5, 5.41) is 4.78. The molecule has 0 saturated heterocycles. The summed E-state index contributed by atoms with van der Waals surface area (Å²) in [5.74, 6) is 1.11. The second-order valence-corrected chi connectivity index (χ2v) is 7.49. The number of ether oxygens (including phenoxy) is 1. The highest BCUT2D eigenvalue weighted by Gasteiger charge is 2.22. The number of benzene rings is 1. The van der Waals surface area contributed by atoms with E-state index in [2.05, 4.69) is 19.2 Å². The molecule has 0 fully saturated rings. The Hall–Kier alpha value is -2.34. The van der Waals surface area contributed by atoms with Crippen LogP contribution < -0.4 is 10.1 Å². The molecule has 0 aliphatic carbocycles. The van der Waals surface area contributed by atoms with E-state index in [0.717, 1.165) is 12.0 Å². The van der Waals surface area contributed by atoms with Gasteiger partial charge in [-0.1, -0.05) is 19.9 Å². The lowest BCUT2D eigenvalue weighted by Gasteiger charge is -2.21. The third-order valence-corrected chi connectivity index (χ3v) is 4.97. The topological polar surface area (TPSA) is 58.6 Å². The summed E-state index contributed by atoms with van der Waals surface area (Å²) >= 11 is 1.40. The summed E-state index contributed by atoms with van der Waals surface area (Å²) in [4.78, 5) is 27.0. The van der Waals surface area contributed by atoms with E-state index in [4.69, 9.17) is 4.74 Å². The maximum Gasteiger partial charge on any atom is 0.265 e. The van der Waals surface area contributed by atoms with Crippen LogP contribution in [0.3, 0.4) is 0 Å². The molecule has 6 heteroatoms. The number of anilines is 1. The fourth-order valence-electron chi connectivity index (χ4n) is 2.66. The molecule has 2 aromatic rings. The molecule has 2 amide bonds. The van der Waals surface area contributed by atoms with Crippen LogP contribution in [0.2, 0.25) is 0 Å². The van der Waals surface area contributed by atoms with Crippen molar-refractivity contribution in [1.29, 1.82) is 0 Å². The summed E-state index contributed by atoms with van der Waals surface area (Å²) in [6.45, 7) is 5.57. The minimum atomic E-state index is -0.128. The van der Waals surface area contributed by atoms with E-state index >= 15 is 0 Å². The lowest BCUT2D eigenvalue weighted by molar-refractivity contribution is -0.133. The lowest BCUT2D eigenvalue weighted by Crippen LogP contribution is -2.33. The highest BCUT2D eigenvalue weighted by atomic mass is 32.1. The second-order valence-electron chi connectivity index (χ2n) is 6.54. The lowest BCUT2D eigenvalue weighted by atomic mass is 10.1. The number of carbonyl (C=O) groups is 2. The molecule has 0 bridgehead atoms. The van der Waals surface area contributed by atoms with Crippen LogP contribution in [0.15, 0.2) is 35.7 Å². The zero-order chi connectivity index (χ0) is 17.8. The molecule has 1 aromatic carbocycles. The van der Waals surface area contributed by atoms with Crippen molar-refractivity contribution in [2.45, 2.75) is 26.8 Å². The predicted molar refractivity (Wildman–Crippen MR) is 99.1 cm³/mol. The Morgan fingerprint density at radius 2 is 2.20 bits per heavy atom. The van der Waals surface area contributed by atoms with Crippen molar-refractivity contribution in [2.24, 2.45) is 5.92 Å². The van der Waals surface area contributed by atoms with Gasteiger partial charge in [0.1, 0.15) is 5.75 Å². The summed E-state index contributed by atoms with van der Waals surface area (Å²) in [6, 6.07) is 9.15. The number of nitrogens with zero attached hydrogens (tertiary/aromatic N) is 1. The number of fused-ring (bicyclic) bond motifs is 1. The van der Waals surface area contributed by atoms with Gasteiger partial charge in [0.15, 0.2) is 6.61 Å². The Morgan fingerprint density at radius 3 is 2.92 bits per heavy atom. The zero-order valence-corrected chi connectivity index (χ0v) is 15.3. The first-order valence-corrected chi connectivity index (χ1v) is 9.29. The SMILES string of the molecule is CC(C)CCN1Cc2cc(NC(=O)c3cccs3)ccc2OCC1=O. The van der Waals surface area contributed by atoms with E-state index in [1.54, 1.807) is 12.1 Å². The Morgan fingerprint density at radius 1 is 1.36 bits per heavy atom. The normalized spacial score (nSPS) is 14.0. The van der Waals surface area contributed by atoms with Crippen LogP contribution in [0.5, 0.6) is 5.75 Å². The molecule has 0 unspecified atom stereocenters. The minimum absolute atomic E-state index is 0.000945. The second kappa shape index (κ2) is 7.70. The van der Waals surface area contributed by atoms with Gasteiger partial charge in [-0.05, 0) is 42.0 Å². The van der Waals surface area contributed by atoms with Crippen LogP contribution in [0, 0.1) is 5.92 Å². The number of nitrogens with one attached hydrogen (secondary N) is 1. The quantitative estimate of drug-likeness (QED) is 0.885. The van der Waals surface area contributed by atoms with Gasteiger partial charge in [0.05, 0.1) is 4.88 Å². The molecule has 1 aliphatic heterocycles. The molecule has 25 heavy (non-hydrogen) atoms. The molecular formula is C19H22N2O3S. The van der Waals surface area contributed by atoms with Crippen LogP contribution in [0.1, 0.15) is 35.5 Å². The number of hydrogen-bond acceptors (Lipinski definition) is 4. The molecule has 0 radical (unpaired) electrons. The molecule has 1 N–H and O–H groups in total. The van der Waals surface area contributed by atoms with Crippen molar-refractivity contribution in [3.8, 4) is 5.75 Å². The standard InChI is InChI=1S/C19H22N2O3S/c1-13(2)7-8-21-11-14-10-15(5-6-16(14)24-12-18(21)22)20-19(23)17-4-3-9-25-17/h3-6,9-10,13H,7-8,11-12H2,1-2H3,(H,20,23). The molecule has 0 saturated carbocycles. The largest absolute Gasteiger partial charge is 0.483 e. The van der Waals surface area contributed by atoms with Crippen LogP contribution in [0.25, 0.3) is 0 Å². The summed E-state index contributed by atoms with van der Waals surface area (Å²) < 4.78 is 5.63. The first kappa shape index (κ1) is 17.5. The number of thiophene rings is 1. The average molecular weight is 358 g/mol. The van der Waals surface area contributed by atoms with Crippen molar-refractivity contribution in [3.05, 3.63) is 46.2 Å². The van der Waals surface area contributed by atoms with Gasteiger partial charge in [0, 0.05) is 24.3 Å². The van der Waals surface area contributed by atoms with E-state index < -0.39 is 0 Å². The van der Waals surface area contributed by atoms with Crippen molar-refractivity contribution in [2.75, 3.05) is 18.5 Å². The zero-order valence-electron chi connectivity index (χ0n) is 14.5. The van der Waals surface area contributed by atoms with E-state index in [1.807, 2.05) is 28.5 Å². The summed E-state index contributed by atoms with van der Waals surface area (Å²) in [6.07, 6.45) is 0.954. The molecule has 0 atom stereocenters. The first-order chi connectivity index (χ1) is 12.0. The number of rotatable bonds is 5. The predicted octanol–water partition coefficient (Wildman–Crippen LogP) is 3.77. The van der Waals surface area contributed by atoms with Gasteiger partial charge in [-0.25, -0.2) is 0 Å².